The first-order valence-corrected chi connectivity index (χ1v) is 13.7. The van der Waals surface area contributed by atoms with Gasteiger partial charge in [-0.1, -0.05) is 30.3 Å². The van der Waals surface area contributed by atoms with Crippen molar-refractivity contribution in [1.29, 1.82) is 5.26 Å². The average molecular weight is 592 g/mol. The molecule has 3 aromatic rings. The third-order valence-corrected chi connectivity index (χ3v) is 7.66. The summed E-state index contributed by atoms with van der Waals surface area (Å²) in [7, 11) is 0. The number of carbonyl (C=O) groups is 3. The fraction of sp³-hybridized carbons (Fsp3) is 0.323. The highest BCUT2D eigenvalue weighted by Crippen LogP contribution is 2.36. The highest BCUT2D eigenvalue weighted by Gasteiger charge is 2.46. The Morgan fingerprint density at radius 2 is 1.88 bits per heavy atom. The van der Waals surface area contributed by atoms with Gasteiger partial charge in [-0.05, 0) is 61.2 Å². The first-order chi connectivity index (χ1) is 20.6. The summed E-state index contributed by atoms with van der Waals surface area (Å²) in [6.45, 7) is 1.35. The number of nitrogens with zero attached hydrogens (tertiary/aromatic N) is 4. The fourth-order valence-corrected chi connectivity index (χ4v) is 5.42. The van der Waals surface area contributed by atoms with Gasteiger partial charge >= 0.3 is 6.09 Å². The molecular formula is C31H28F3N5O4. The van der Waals surface area contributed by atoms with Gasteiger partial charge in [-0.25, -0.2) is 27.8 Å². The van der Waals surface area contributed by atoms with Crippen LogP contribution < -0.4 is 15.1 Å². The molecule has 43 heavy (non-hydrogen) atoms. The van der Waals surface area contributed by atoms with E-state index in [1.807, 2.05) is 6.07 Å². The van der Waals surface area contributed by atoms with E-state index in [9.17, 15) is 32.8 Å². The molecule has 222 valence electrons. The summed E-state index contributed by atoms with van der Waals surface area (Å²) in [5, 5.41) is 12.2. The van der Waals surface area contributed by atoms with Crippen LogP contribution in [-0.2, 0) is 14.3 Å². The van der Waals surface area contributed by atoms with Crippen molar-refractivity contribution in [2.24, 2.45) is 0 Å². The van der Waals surface area contributed by atoms with Gasteiger partial charge in [0.05, 0.1) is 11.6 Å². The van der Waals surface area contributed by atoms with Gasteiger partial charge in [0.1, 0.15) is 24.3 Å². The van der Waals surface area contributed by atoms with Crippen molar-refractivity contribution in [3.63, 3.8) is 0 Å². The van der Waals surface area contributed by atoms with E-state index >= 15 is 0 Å². The average Bonchev–Trinajstić information content (AvgIpc) is 3.38. The summed E-state index contributed by atoms with van der Waals surface area (Å²) in [6, 6.07) is 13.4. The van der Waals surface area contributed by atoms with Crippen LogP contribution in [0, 0.1) is 24.1 Å². The van der Waals surface area contributed by atoms with Crippen molar-refractivity contribution < 1.29 is 32.3 Å². The Kier molecular flexibility index (Phi) is 8.34. The molecule has 0 bridgehead atoms. The van der Waals surface area contributed by atoms with E-state index in [0.717, 1.165) is 15.9 Å². The standard InChI is InChI=1S/C31H28F3N5O4/c1-19-5-2-3-8-24(19)27(28(40)37-22-9-12-31(33,34)13-10-22)38(23-7-4-6-21(32)16-23)29(41)25-18-43-30(42)39(25)26-15-20(17-35)11-14-36-26/h2-8,11,14-16,22,25,27H,9-10,12-13,18H2,1H3,(H,37,40). The molecule has 1 aromatic heterocycles. The normalized spacial score (nSPS) is 18.8. The molecule has 1 saturated carbocycles. The van der Waals surface area contributed by atoms with Crippen LogP contribution in [0.15, 0.2) is 66.9 Å². The minimum absolute atomic E-state index is 0.0147. The Bertz CT molecular complexity index is 1580. The smallest absolute Gasteiger partial charge is 0.416 e. The van der Waals surface area contributed by atoms with Crippen molar-refractivity contribution in [2.75, 3.05) is 16.4 Å². The molecule has 2 fully saturated rings. The van der Waals surface area contributed by atoms with Gasteiger partial charge in [0, 0.05) is 30.8 Å². The number of alkyl halides is 2. The third-order valence-electron chi connectivity index (χ3n) is 7.66. The van der Waals surface area contributed by atoms with E-state index in [0.29, 0.717) is 11.1 Å². The summed E-state index contributed by atoms with van der Waals surface area (Å²) in [5.74, 6) is -4.93. The van der Waals surface area contributed by atoms with Crippen molar-refractivity contribution in [3.05, 3.63) is 89.4 Å². The van der Waals surface area contributed by atoms with Gasteiger partial charge in [-0.2, -0.15) is 5.26 Å². The molecule has 0 radical (unpaired) electrons. The zero-order valence-corrected chi connectivity index (χ0v) is 23.2. The molecule has 12 heteroatoms. The van der Waals surface area contributed by atoms with Gasteiger partial charge in [0.25, 0.3) is 5.91 Å². The Morgan fingerprint density at radius 1 is 1.14 bits per heavy atom. The number of hydrogen-bond acceptors (Lipinski definition) is 6. The van der Waals surface area contributed by atoms with E-state index in [-0.39, 0.29) is 42.8 Å². The number of amides is 3. The highest BCUT2D eigenvalue weighted by molar-refractivity contribution is 6.09. The molecule has 5 rings (SSSR count). The number of aromatic nitrogens is 1. The number of benzene rings is 2. The predicted molar refractivity (Wildman–Crippen MR) is 150 cm³/mol. The summed E-state index contributed by atoms with van der Waals surface area (Å²) in [4.78, 5) is 47.7. The summed E-state index contributed by atoms with van der Waals surface area (Å²) in [6.07, 6.45) is -0.252. The monoisotopic (exact) mass is 591 g/mol. The summed E-state index contributed by atoms with van der Waals surface area (Å²) in [5.41, 5.74) is 1.28. The topological polar surface area (TPSA) is 116 Å². The second-order valence-corrected chi connectivity index (χ2v) is 10.6. The zero-order chi connectivity index (χ0) is 30.7. The quantitative estimate of drug-likeness (QED) is 0.404. The van der Waals surface area contributed by atoms with Crippen LogP contribution in [0.1, 0.15) is 48.4 Å². The number of anilines is 2. The first-order valence-electron chi connectivity index (χ1n) is 13.7. The lowest BCUT2D eigenvalue weighted by atomic mass is 9.91. The number of nitrogens with one attached hydrogen (secondary N) is 1. The molecule has 2 aromatic carbocycles. The van der Waals surface area contributed by atoms with Crippen LogP contribution in [-0.4, -0.2) is 47.5 Å². The van der Waals surface area contributed by atoms with Gasteiger partial charge in [-0.15, -0.1) is 0 Å². The summed E-state index contributed by atoms with van der Waals surface area (Å²) >= 11 is 0. The fourth-order valence-electron chi connectivity index (χ4n) is 5.42. The van der Waals surface area contributed by atoms with Crippen LogP contribution in [0.2, 0.25) is 0 Å². The maximum absolute atomic E-state index is 14.6. The predicted octanol–water partition coefficient (Wildman–Crippen LogP) is 5.19. The van der Waals surface area contributed by atoms with E-state index in [1.54, 1.807) is 31.2 Å². The first kappa shape index (κ1) is 29.6. The van der Waals surface area contributed by atoms with Crippen LogP contribution in [0.4, 0.5) is 29.5 Å². The van der Waals surface area contributed by atoms with Crippen LogP contribution >= 0.6 is 0 Å². The number of cyclic esters (lactones) is 1. The number of ether oxygens (including phenoxy) is 1. The maximum atomic E-state index is 14.6. The molecule has 1 saturated heterocycles. The minimum Gasteiger partial charge on any atom is -0.446 e. The molecule has 2 heterocycles. The van der Waals surface area contributed by atoms with Crippen LogP contribution in [0.3, 0.4) is 0 Å². The van der Waals surface area contributed by atoms with Crippen molar-refractivity contribution in [3.8, 4) is 6.07 Å². The maximum Gasteiger partial charge on any atom is 0.416 e. The van der Waals surface area contributed by atoms with Gasteiger partial charge in [0.15, 0.2) is 6.04 Å². The van der Waals surface area contributed by atoms with Crippen LogP contribution in [0.5, 0.6) is 0 Å². The Morgan fingerprint density at radius 3 is 2.58 bits per heavy atom. The third kappa shape index (κ3) is 6.30. The number of pyridine rings is 1. The minimum atomic E-state index is -2.81. The van der Waals surface area contributed by atoms with Crippen molar-refractivity contribution >= 4 is 29.4 Å². The van der Waals surface area contributed by atoms with E-state index in [1.165, 1.54) is 36.5 Å². The SMILES string of the molecule is Cc1ccccc1C(C(=O)NC1CCC(F)(F)CC1)N(C(=O)C1COC(=O)N1c1cc(C#N)ccn1)c1cccc(F)c1. The second kappa shape index (κ2) is 12.1. The number of nitriles is 1. The Hall–Kier alpha value is -4.92. The molecule has 1 aliphatic heterocycles. The van der Waals surface area contributed by atoms with E-state index in [2.05, 4.69) is 10.3 Å². The highest BCUT2D eigenvalue weighted by atomic mass is 19.3. The molecule has 9 nitrogen and oxygen atoms in total. The second-order valence-electron chi connectivity index (χ2n) is 10.6. The van der Waals surface area contributed by atoms with Gasteiger partial charge in [-0.3, -0.25) is 14.5 Å². The number of aryl methyl sites for hydroxylation is 1. The lowest BCUT2D eigenvalue weighted by Gasteiger charge is -2.36. The number of halogens is 3. The lowest BCUT2D eigenvalue weighted by molar-refractivity contribution is -0.128. The number of carbonyl (C=O) groups excluding carboxylic acids is 3. The molecule has 2 unspecified atom stereocenters. The molecule has 1 aliphatic carbocycles. The summed E-state index contributed by atoms with van der Waals surface area (Å²) < 4.78 is 47.5. The van der Waals surface area contributed by atoms with Crippen molar-refractivity contribution in [2.45, 2.75) is 56.7 Å². The van der Waals surface area contributed by atoms with E-state index in [4.69, 9.17) is 4.74 Å². The zero-order valence-electron chi connectivity index (χ0n) is 23.2. The van der Waals surface area contributed by atoms with E-state index < -0.39 is 54.4 Å². The largest absolute Gasteiger partial charge is 0.446 e. The van der Waals surface area contributed by atoms with Crippen molar-refractivity contribution in [1.82, 2.24) is 10.3 Å². The Balaban J connectivity index is 1.59. The number of hydrogen-bond donors (Lipinski definition) is 1. The molecule has 0 spiro atoms. The van der Waals surface area contributed by atoms with Gasteiger partial charge < -0.3 is 10.1 Å². The lowest BCUT2D eigenvalue weighted by Crippen LogP contribution is -2.54. The molecular weight excluding hydrogens is 563 g/mol. The van der Waals surface area contributed by atoms with Crippen LogP contribution in [0.25, 0.3) is 0 Å². The molecule has 1 N–H and O–H groups in total. The Labute approximate surface area is 245 Å². The molecule has 3 amide bonds. The van der Waals surface area contributed by atoms with Gasteiger partial charge in [0.2, 0.25) is 11.8 Å². The molecule has 2 aliphatic rings. The number of rotatable bonds is 7. The molecule has 2 atom stereocenters.